The maximum atomic E-state index is 14.2. The number of aliphatic hydroxyl groups is 1. The standard InChI is InChI=1S/C14H16FN3O3S/c1-10-7-16-18(8-10)14-3-2-12(6-13(14)15)22(20,21)17-5-4-11(19)9-17/h2-3,6-8,11,19H,4-5,9H2,1H3/t11-/m0/s1. The molecule has 22 heavy (non-hydrogen) atoms. The van der Waals surface area contributed by atoms with Gasteiger partial charge in [-0.3, -0.25) is 0 Å². The van der Waals surface area contributed by atoms with Crippen molar-refractivity contribution < 1.29 is 17.9 Å². The maximum absolute atomic E-state index is 14.2. The van der Waals surface area contributed by atoms with Crippen LogP contribution in [0.2, 0.25) is 0 Å². The van der Waals surface area contributed by atoms with Gasteiger partial charge in [0.15, 0.2) is 0 Å². The second-order valence-corrected chi connectivity index (χ2v) is 7.32. The van der Waals surface area contributed by atoms with Gasteiger partial charge in [0.2, 0.25) is 10.0 Å². The summed E-state index contributed by atoms with van der Waals surface area (Å²) in [5, 5.41) is 13.5. The Bertz CT molecular complexity index is 803. The molecule has 1 N–H and O–H groups in total. The summed E-state index contributed by atoms with van der Waals surface area (Å²) in [5.41, 5.74) is 1.07. The third kappa shape index (κ3) is 2.65. The Hall–Kier alpha value is -1.77. The number of rotatable bonds is 3. The zero-order chi connectivity index (χ0) is 15.9. The molecule has 0 radical (unpaired) electrons. The number of hydrogen-bond donors (Lipinski definition) is 1. The van der Waals surface area contributed by atoms with Crippen molar-refractivity contribution in [1.29, 1.82) is 0 Å². The van der Waals surface area contributed by atoms with Gasteiger partial charge in [0, 0.05) is 19.3 Å². The number of hydrogen-bond acceptors (Lipinski definition) is 4. The van der Waals surface area contributed by atoms with Gasteiger partial charge in [-0.2, -0.15) is 9.40 Å². The number of aryl methyl sites for hydroxylation is 1. The lowest BCUT2D eigenvalue weighted by Crippen LogP contribution is -2.29. The van der Waals surface area contributed by atoms with E-state index in [-0.39, 0.29) is 23.7 Å². The molecule has 0 saturated carbocycles. The lowest BCUT2D eigenvalue weighted by molar-refractivity contribution is 0.189. The molecule has 1 aromatic carbocycles. The summed E-state index contributed by atoms with van der Waals surface area (Å²) in [6, 6.07) is 3.74. The van der Waals surface area contributed by atoms with E-state index < -0.39 is 21.9 Å². The Morgan fingerprint density at radius 2 is 2.18 bits per heavy atom. The highest BCUT2D eigenvalue weighted by molar-refractivity contribution is 7.89. The zero-order valence-electron chi connectivity index (χ0n) is 12.0. The van der Waals surface area contributed by atoms with Gasteiger partial charge in [-0.15, -0.1) is 0 Å². The van der Waals surface area contributed by atoms with Crippen molar-refractivity contribution in [1.82, 2.24) is 14.1 Å². The molecule has 2 aromatic rings. The van der Waals surface area contributed by atoms with Gasteiger partial charge in [-0.25, -0.2) is 17.5 Å². The molecule has 118 valence electrons. The summed E-state index contributed by atoms with van der Waals surface area (Å²) in [6.07, 6.45) is 2.98. The van der Waals surface area contributed by atoms with Gasteiger partial charge >= 0.3 is 0 Å². The number of benzene rings is 1. The minimum Gasteiger partial charge on any atom is -0.392 e. The number of nitrogens with zero attached hydrogens (tertiary/aromatic N) is 3. The lowest BCUT2D eigenvalue weighted by Gasteiger charge is -2.16. The molecule has 1 aliphatic rings. The summed E-state index contributed by atoms with van der Waals surface area (Å²) in [7, 11) is -3.78. The Morgan fingerprint density at radius 3 is 2.73 bits per heavy atom. The molecule has 2 heterocycles. The fraction of sp³-hybridized carbons (Fsp3) is 0.357. The molecule has 0 amide bonds. The predicted octanol–water partition coefficient (Wildman–Crippen LogP) is 1.08. The molecule has 0 spiro atoms. The first-order valence-corrected chi connectivity index (χ1v) is 8.31. The van der Waals surface area contributed by atoms with E-state index in [2.05, 4.69) is 5.10 Å². The van der Waals surface area contributed by atoms with Crippen LogP contribution in [0.3, 0.4) is 0 Å². The molecule has 1 fully saturated rings. The predicted molar refractivity (Wildman–Crippen MR) is 77.6 cm³/mol. The van der Waals surface area contributed by atoms with Crippen LogP contribution in [-0.2, 0) is 10.0 Å². The third-order valence-electron chi connectivity index (χ3n) is 3.64. The largest absolute Gasteiger partial charge is 0.392 e. The van der Waals surface area contributed by atoms with Gasteiger partial charge in [0.1, 0.15) is 11.5 Å². The molecule has 1 aliphatic heterocycles. The van der Waals surface area contributed by atoms with Crippen molar-refractivity contribution in [3.8, 4) is 5.69 Å². The van der Waals surface area contributed by atoms with Crippen LogP contribution in [0.5, 0.6) is 0 Å². The summed E-state index contributed by atoms with van der Waals surface area (Å²) in [5.74, 6) is -0.663. The van der Waals surface area contributed by atoms with Crippen LogP contribution >= 0.6 is 0 Å². The second-order valence-electron chi connectivity index (χ2n) is 5.38. The summed E-state index contributed by atoms with van der Waals surface area (Å²) >= 11 is 0. The van der Waals surface area contributed by atoms with Crippen molar-refractivity contribution in [2.45, 2.75) is 24.3 Å². The van der Waals surface area contributed by atoms with Crippen molar-refractivity contribution in [3.05, 3.63) is 42.0 Å². The van der Waals surface area contributed by atoms with Crippen LogP contribution in [0.15, 0.2) is 35.5 Å². The van der Waals surface area contributed by atoms with Gasteiger partial charge in [-0.1, -0.05) is 0 Å². The number of sulfonamides is 1. The molecule has 0 aliphatic carbocycles. The second kappa shape index (κ2) is 5.45. The number of aromatic nitrogens is 2. The molecule has 0 unspecified atom stereocenters. The Kier molecular flexibility index (Phi) is 3.75. The van der Waals surface area contributed by atoms with E-state index in [0.29, 0.717) is 6.42 Å². The highest BCUT2D eigenvalue weighted by atomic mass is 32.2. The number of aliphatic hydroxyl groups excluding tert-OH is 1. The molecular formula is C14H16FN3O3S. The average molecular weight is 325 g/mol. The Labute approximate surface area is 127 Å². The van der Waals surface area contributed by atoms with Gasteiger partial charge in [0.05, 0.1) is 17.2 Å². The SMILES string of the molecule is Cc1cnn(-c2ccc(S(=O)(=O)N3CC[C@H](O)C3)cc2F)c1. The van der Waals surface area contributed by atoms with Gasteiger partial charge < -0.3 is 5.11 Å². The Balaban J connectivity index is 1.95. The third-order valence-corrected chi connectivity index (χ3v) is 5.50. The average Bonchev–Trinajstić information content (AvgIpc) is 3.08. The van der Waals surface area contributed by atoms with Crippen LogP contribution < -0.4 is 0 Å². The van der Waals surface area contributed by atoms with E-state index in [1.54, 1.807) is 12.4 Å². The molecule has 1 atom stereocenters. The quantitative estimate of drug-likeness (QED) is 0.916. The fourth-order valence-corrected chi connectivity index (χ4v) is 3.96. The first-order valence-electron chi connectivity index (χ1n) is 6.87. The minimum atomic E-state index is -3.78. The monoisotopic (exact) mass is 325 g/mol. The van der Waals surface area contributed by atoms with Crippen molar-refractivity contribution >= 4 is 10.0 Å². The van der Waals surface area contributed by atoms with Gasteiger partial charge in [0.25, 0.3) is 0 Å². The van der Waals surface area contributed by atoms with E-state index in [9.17, 15) is 17.9 Å². The van der Waals surface area contributed by atoms with E-state index >= 15 is 0 Å². The number of β-amino-alcohol motifs (C(OH)–C–C–N with tert-alkyl or cyclic N) is 1. The minimum absolute atomic E-state index is 0.0457. The maximum Gasteiger partial charge on any atom is 0.243 e. The molecule has 8 heteroatoms. The first kappa shape index (κ1) is 15.1. The number of halogens is 1. The van der Waals surface area contributed by atoms with E-state index in [0.717, 1.165) is 11.6 Å². The lowest BCUT2D eigenvalue weighted by atomic mass is 10.3. The summed E-state index contributed by atoms with van der Waals surface area (Å²) in [4.78, 5) is -0.119. The van der Waals surface area contributed by atoms with Crippen LogP contribution in [0.25, 0.3) is 5.69 Å². The van der Waals surface area contributed by atoms with E-state index in [4.69, 9.17) is 0 Å². The normalized spacial score (nSPS) is 19.7. The molecule has 3 rings (SSSR count). The van der Waals surface area contributed by atoms with Crippen LogP contribution in [0, 0.1) is 12.7 Å². The topological polar surface area (TPSA) is 75.4 Å². The molecule has 6 nitrogen and oxygen atoms in total. The van der Waals surface area contributed by atoms with E-state index in [1.807, 2.05) is 6.92 Å². The highest BCUT2D eigenvalue weighted by Crippen LogP contribution is 2.24. The first-order chi connectivity index (χ1) is 10.4. The zero-order valence-corrected chi connectivity index (χ0v) is 12.8. The summed E-state index contributed by atoms with van der Waals surface area (Å²) < 4.78 is 41.6. The molecular weight excluding hydrogens is 309 g/mol. The van der Waals surface area contributed by atoms with Crippen molar-refractivity contribution in [2.24, 2.45) is 0 Å². The van der Waals surface area contributed by atoms with Crippen molar-refractivity contribution in [2.75, 3.05) is 13.1 Å². The Morgan fingerprint density at radius 1 is 1.41 bits per heavy atom. The van der Waals surface area contributed by atoms with E-state index in [1.165, 1.54) is 21.1 Å². The van der Waals surface area contributed by atoms with Crippen LogP contribution in [0.1, 0.15) is 12.0 Å². The molecule has 0 bridgehead atoms. The van der Waals surface area contributed by atoms with Gasteiger partial charge in [-0.05, 0) is 37.1 Å². The molecule has 1 aromatic heterocycles. The fourth-order valence-electron chi connectivity index (χ4n) is 2.46. The highest BCUT2D eigenvalue weighted by Gasteiger charge is 2.32. The van der Waals surface area contributed by atoms with Crippen LogP contribution in [-0.4, -0.2) is 46.8 Å². The van der Waals surface area contributed by atoms with Crippen molar-refractivity contribution in [3.63, 3.8) is 0 Å². The van der Waals surface area contributed by atoms with Crippen LogP contribution in [0.4, 0.5) is 4.39 Å². The molecule has 1 saturated heterocycles. The smallest absolute Gasteiger partial charge is 0.243 e. The summed E-state index contributed by atoms with van der Waals surface area (Å²) in [6.45, 7) is 2.12.